The quantitative estimate of drug-likeness (QED) is 0.628. The van der Waals surface area contributed by atoms with Crippen molar-refractivity contribution in [1.82, 2.24) is 0 Å². The molecule has 0 aromatic heterocycles. The normalized spacial score (nSPS) is 17.2. The van der Waals surface area contributed by atoms with Crippen LogP contribution in [-0.2, 0) is 0 Å². The summed E-state index contributed by atoms with van der Waals surface area (Å²) >= 11 is 0. The van der Waals surface area contributed by atoms with E-state index in [9.17, 15) is 15.2 Å². The average Bonchev–Trinajstić information content (AvgIpc) is 2.30. The molecule has 2 rings (SSSR count). The smallest absolute Gasteiger partial charge is 0.274 e. The SMILES string of the molecule is Cc1c(N2CCC(O)CC2)cccc1[N+](=O)[O-]. The molecular formula is C12H16N2O3. The number of nitro groups is 1. The summed E-state index contributed by atoms with van der Waals surface area (Å²) in [6, 6.07) is 5.14. The Morgan fingerprint density at radius 1 is 1.41 bits per heavy atom. The van der Waals surface area contributed by atoms with Gasteiger partial charge < -0.3 is 10.0 Å². The van der Waals surface area contributed by atoms with Gasteiger partial charge in [0, 0.05) is 24.8 Å². The summed E-state index contributed by atoms with van der Waals surface area (Å²) in [5.41, 5.74) is 1.77. The Labute approximate surface area is 99.8 Å². The molecule has 1 N–H and O–H groups in total. The number of anilines is 1. The summed E-state index contributed by atoms with van der Waals surface area (Å²) in [5, 5.41) is 20.3. The highest BCUT2D eigenvalue weighted by Gasteiger charge is 2.21. The zero-order valence-electron chi connectivity index (χ0n) is 9.80. The van der Waals surface area contributed by atoms with Crippen molar-refractivity contribution in [2.24, 2.45) is 0 Å². The highest BCUT2D eigenvalue weighted by Crippen LogP contribution is 2.29. The number of hydrogen-bond acceptors (Lipinski definition) is 4. The fourth-order valence-electron chi connectivity index (χ4n) is 2.26. The molecule has 1 aliphatic rings. The molecule has 1 aromatic rings. The van der Waals surface area contributed by atoms with Crippen molar-refractivity contribution in [2.75, 3.05) is 18.0 Å². The van der Waals surface area contributed by atoms with Gasteiger partial charge in [-0.25, -0.2) is 0 Å². The average molecular weight is 236 g/mol. The number of nitrogens with zero attached hydrogens (tertiary/aromatic N) is 2. The van der Waals surface area contributed by atoms with Gasteiger partial charge in [-0.2, -0.15) is 0 Å². The molecule has 1 heterocycles. The molecule has 0 spiro atoms. The lowest BCUT2D eigenvalue weighted by molar-refractivity contribution is -0.385. The lowest BCUT2D eigenvalue weighted by Crippen LogP contribution is -2.36. The fraction of sp³-hybridized carbons (Fsp3) is 0.500. The van der Waals surface area contributed by atoms with E-state index in [2.05, 4.69) is 4.90 Å². The van der Waals surface area contributed by atoms with Gasteiger partial charge in [0.2, 0.25) is 0 Å². The molecule has 1 fully saturated rings. The third kappa shape index (κ3) is 2.39. The number of piperidine rings is 1. The minimum Gasteiger partial charge on any atom is -0.393 e. The van der Waals surface area contributed by atoms with Gasteiger partial charge in [0.25, 0.3) is 5.69 Å². The van der Waals surface area contributed by atoms with Gasteiger partial charge in [0.15, 0.2) is 0 Å². The Morgan fingerprint density at radius 2 is 2.06 bits per heavy atom. The number of rotatable bonds is 2. The second-order valence-corrected chi connectivity index (χ2v) is 4.40. The zero-order chi connectivity index (χ0) is 12.4. The highest BCUT2D eigenvalue weighted by molar-refractivity contribution is 5.61. The lowest BCUT2D eigenvalue weighted by Gasteiger charge is -2.32. The summed E-state index contributed by atoms with van der Waals surface area (Å²) in [6.07, 6.45) is 1.22. The molecule has 5 heteroatoms. The summed E-state index contributed by atoms with van der Waals surface area (Å²) < 4.78 is 0. The molecule has 0 aliphatic carbocycles. The van der Waals surface area contributed by atoms with E-state index >= 15 is 0 Å². The Balaban J connectivity index is 2.27. The van der Waals surface area contributed by atoms with Crippen LogP contribution in [0.1, 0.15) is 18.4 Å². The van der Waals surface area contributed by atoms with Gasteiger partial charge in [0.05, 0.1) is 16.6 Å². The van der Waals surface area contributed by atoms with Gasteiger partial charge in [-0.05, 0) is 25.8 Å². The van der Waals surface area contributed by atoms with E-state index in [0.717, 1.165) is 31.6 Å². The van der Waals surface area contributed by atoms with Gasteiger partial charge in [-0.15, -0.1) is 0 Å². The second kappa shape index (κ2) is 4.71. The molecule has 0 amide bonds. The van der Waals surface area contributed by atoms with Crippen LogP contribution in [0, 0.1) is 17.0 Å². The first kappa shape index (κ1) is 11.9. The topological polar surface area (TPSA) is 66.6 Å². The van der Waals surface area contributed by atoms with Gasteiger partial charge in [0.1, 0.15) is 0 Å². The van der Waals surface area contributed by atoms with Crippen LogP contribution in [0.2, 0.25) is 0 Å². The molecule has 0 saturated carbocycles. The maximum Gasteiger partial charge on any atom is 0.274 e. The first-order valence-corrected chi connectivity index (χ1v) is 5.76. The standard InChI is InChI=1S/C12H16N2O3/c1-9-11(3-2-4-12(9)14(16)17)13-7-5-10(15)6-8-13/h2-4,10,15H,5-8H2,1H3. The third-order valence-electron chi connectivity index (χ3n) is 3.28. The van der Waals surface area contributed by atoms with Crippen molar-refractivity contribution in [3.05, 3.63) is 33.9 Å². The molecule has 0 unspecified atom stereocenters. The van der Waals surface area contributed by atoms with Crippen molar-refractivity contribution in [3.8, 4) is 0 Å². The molecular weight excluding hydrogens is 220 g/mol. The highest BCUT2D eigenvalue weighted by atomic mass is 16.6. The summed E-state index contributed by atoms with van der Waals surface area (Å²) in [4.78, 5) is 12.6. The summed E-state index contributed by atoms with van der Waals surface area (Å²) in [5.74, 6) is 0. The van der Waals surface area contributed by atoms with Gasteiger partial charge >= 0.3 is 0 Å². The van der Waals surface area contributed by atoms with Crippen LogP contribution in [0.15, 0.2) is 18.2 Å². The van der Waals surface area contributed by atoms with E-state index in [1.54, 1.807) is 13.0 Å². The fourth-order valence-corrected chi connectivity index (χ4v) is 2.26. The van der Waals surface area contributed by atoms with Crippen LogP contribution < -0.4 is 4.90 Å². The predicted octanol–water partition coefficient (Wildman–Crippen LogP) is 1.86. The molecule has 1 aliphatic heterocycles. The first-order chi connectivity index (χ1) is 8.09. The Morgan fingerprint density at radius 3 is 2.65 bits per heavy atom. The van der Waals surface area contributed by atoms with Crippen LogP contribution in [0.5, 0.6) is 0 Å². The minimum absolute atomic E-state index is 0.161. The van der Waals surface area contributed by atoms with E-state index < -0.39 is 0 Å². The summed E-state index contributed by atoms with van der Waals surface area (Å²) in [7, 11) is 0. The predicted molar refractivity (Wildman–Crippen MR) is 65.3 cm³/mol. The number of benzene rings is 1. The summed E-state index contributed by atoms with van der Waals surface area (Å²) in [6.45, 7) is 3.28. The largest absolute Gasteiger partial charge is 0.393 e. The molecule has 17 heavy (non-hydrogen) atoms. The Bertz CT molecular complexity index is 426. The minimum atomic E-state index is -0.350. The molecule has 0 atom stereocenters. The van der Waals surface area contributed by atoms with Crippen molar-refractivity contribution in [1.29, 1.82) is 0 Å². The van der Waals surface area contributed by atoms with Gasteiger partial charge in [-0.3, -0.25) is 10.1 Å². The molecule has 5 nitrogen and oxygen atoms in total. The Hall–Kier alpha value is -1.62. The zero-order valence-corrected chi connectivity index (χ0v) is 9.80. The number of aliphatic hydroxyl groups excluding tert-OH is 1. The van der Waals surface area contributed by atoms with Crippen LogP contribution in [0.25, 0.3) is 0 Å². The van der Waals surface area contributed by atoms with Crippen molar-refractivity contribution < 1.29 is 10.0 Å². The molecule has 0 radical (unpaired) electrons. The maximum atomic E-state index is 10.9. The lowest BCUT2D eigenvalue weighted by atomic mass is 10.0. The van der Waals surface area contributed by atoms with Crippen molar-refractivity contribution >= 4 is 11.4 Å². The van der Waals surface area contributed by atoms with Gasteiger partial charge in [-0.1, -0.05) is 6.07 Å². The molecule has 1 saturated heterocycles. The van der Waals surface area contributed by atoms with Crippen molar-refractivity contribution in [3.63, 3.8) is 0 Å². The van der Waals surface area contributed by atoms with Crippen LogP contribution in [-0.4, -0.2) is 29.2 Å². The van der Waals surface area contributed by atoms with E-state index in [1.165, 1.54) is 6.07 Å². The van der Waals surface area contributed by atoms with Crippen LogP contribution >= 0.6 is 0 Å². The molecule has 92 valence electrons. The molecule has 0 bridgehead atoms. The molecule has 1 aromatic carbocycles. The number of nitro benzene ring substituents is 1. The van der Waals surface area contributed by atoms with E-state index in [-0.39, 0.29) is 16.7 Å². The van der Waals surface area contributed by atoms with Crippen LogP contribution in [0.4, 0.5) is 11.4 Å². The van der Waals surface area contributed by atoms with E-state index in [1.807, 2.05) is 6.07 Å². The van der Waals surface area contributed by atoms with Crippen molar-refractivity contribution in [2.45, 2.75) is 25.9 Å². The first-order valence-electron chi connectivity index (χ1n) is 5.76. The Kier molecular flexibility index (Phi) is 3.28. The van der Waals surface area contributed by atoms with Crippen LogP contribution in [0.3, 0.4) is 0 Å². The monoisotopic (exact) mass is 236 g/mol. The van der Waals surface area contributed by atoms with E-state index in [4.69, 9.17) is 0 Å². The third-order valence-corrected chi connectivity index (χ3v) is 3.28. The number of aliphatic hydroxyl groups is 1. The van der Waals surface area contributed by atoms with E-state index in [0.29, 0.717) is 5.56 Å². The maximum absolute atomic E-state index is 10.9. The number of hydrogen-bond donors (Lipinski definition) is 1. The second-order valence-electron chi connectivity index (χ2n) is 4.40.